The zero-order valence-electron chi connectivity index (χ0n) is 9.02. The molecule has 3 rings (SSSR count). The smallest absolute Gasteiger partial charge is 0.160 e. The number of nitrogens with one attached hydrogen (secondary N) is 1. The van der Waals surface area contributed by atoms with E-state index in [2.05, 4.69) is 15.2 Å². The fraction of sp³-hybridized carbons (Fsp3) is 0.800. The maximum Gasteiger partial charge on any atom is 0.160 e. The third kappa shape index (κ3) is 1.75. The Morgan fingerprint density at radius 3 is 2.69 bits per heavy atom. The summed E-state index contributed by atoms with van der Waals surface area (Å²) < 4.78 is 23.8. The Bertz CT molecular complexity index is 490. The molecule has 0 amide bonds. The predicted molar refractivity (Wildman–Crippen MR) is 58.7 cm³/mol. The molecule has 0 bridgehead atoms. The molecule has 16 heavy (non-hydrogen) atoms. The maximum atomic E-state index is 11.9. The highest BCUT2D eigenvalue weighted by atomic mass is 32.2. The topological polar surface area (TPSA) is 75.7 Å². The molecule has 1 N–H and O–H groups in total. The van der Waals surface area contributed by atoms with Crippen LogP contribution in [-0.4, -0.2) is 29.4 Å². The number of nitrogens with zero attached hydrogens (tertiary/aromatic N) is 2. The van der Waals surface area contributed by atoms with Gasteiger partial charge in [-0.2, -0.15) is 5.10 Å². The van der Waals surface area contributed by atoms with Crippen molar-refractivity contribution in [3.63, 3.8) is 0 Å². The van der Waals surface area contributed by atoms with Crippen LogP contribution in [0.3, 0.4) is 0 Å². The zero-order valence-corrected chi connectivity index (χ0v) is 9.83. The van der Waals surface area contributed by atoms with E-state index < -0.39 is 15.1 Å². The van der Waals surface area contributed by atoms with Crippen molar-refractivity contribution in [1.29, 1.82) is 0 Å². The molecule has 1 atom stereocenters. The van der Waals surface area contributed by atoms with Gasteiger partial charge in [-0.3, -0.25) is 5.10 Å². The van der Waals surface area contributed by atoms with Gasteiger partial charge in [-0.25, -0.2) is 13.4 Å². The van der Waals surface area contributed by atoms with E-state index >= 15 is 0 Å². The van der Waals surface area contributed by atoms with Crippen molar-refractivity contribution in [3.8, 4) is 0 Å². The van der Waals surface area contributed by atoms with Crippen molar-refractivity contribution in [1.82, 2.24) is 15.2 Å². The summed E-state index contributed by atoms with van der Waals surface area (Å²) in [4.78, 5) is 4.35. The molecule has 88 valence electrons. The number of rotatable bonds is 2. The first-order chi connectivity index (χ1) is 7.67. The molecule has 1 aliphatic carbocycles. The highest BCUT2D eigenvalue weighted by Crippen LogP contribution is 2.39. The molecular formula is C10H15N3O2S. The molecule has 0 aromatic carbocycles. The zero-order chi connectivity index (χ0) is 11.2. The van der Waals surface area contributed by atoms with E-state index in [9.17, 15) is 8.42 Å². The van der Waals surface area contributed by atoms with Crippen molar-refractivity contribution in [2.24, 2.45) is 0 Å². The van der Waals surface area contributed by atoms with Crippen LogP contribution in [0, 0.1) is 0 Å². The van der Waals surface area contributed by atoms with Crippen LogP contribution in [0.4, 0.5) is 0 Å². The van der Waals surface area contributed by atoms with Crippen molar-refractivity contribution in [2.45, 2.75) is 43.3 Å². The summed E-state index contributed by atoms with van der Waals surface area (Å²) in [6, 6.07) is 0. The van der Waals surface area contributed by atoms with Gasteiger partial charge in [0, 0.05) is 5.92 Å². The van der Waals surface area contributed by atoms with Crippen LogP contribution in [0.15, 0.2) is 0 Å². The number of aromatic nitrogens is 3. The van der Waals surface area contributed by atoms with Gasteiger partial charge in [-0.15, -0.1) is 0 Å². The van der Waals surface area contributed by atoms with Gasteiger partial charge in [0.15, 0.2) is 15.7 Å². The normalized spacial score (nSPS) is 29.1. The van der Waals surface area contributed by atoms with Crippen molar-refractivity contribution in [3.05, 3.63) is 11.6 Å². The Labute approximate surface area is 94.6 Å². The van der Waals surface area contributed by atoms with Gasteiger partial charge in [0.05, 0.1) is 5.75 Å². The predicted octanol–water partition coefficient (Wildman–Crippen LogP) is 1.32. The molecule has 5 nitrogen and oxygen atoms in total. The van der Waals surface area contributed by atoms with Crippen LogP contribution in [0.5, 0.6) is 0 Å². The van der Waals surface area contributed by atoms with Crippen molar-refractivity contribution >= 4 is 9.84 Å². The molecular weight excluding hydrogens is 226 g/mol. The number of sulfone groups is 1. The number of hydrogen-bond acceptors (Lipinski definition) is 4. The summed E-state index contributed by atoms with van der Waals surface area (Å²) in [6.45, 7) is 0. The Balaban J connectivity index is 1.89. The summed E-state index contributed by atoms with van der Waals surface area (Å²) in [6.07, 6.45) is 4.69. The summed E-state index contributed by atoms with van der Waals surface area (Å²) in [5.74, 6) is 2.12. The molecule has 6 heteroatoms. The summed E-state index contributed by atoms with van der Waals surface area (Å²) in [5, 5.41) is 6.49. The Kier molecular flexibility index (Phi) is 2.27. The largest absolute Gasteiger partial charge is 0.262 e. The molecule has 0 radical (unpaired) electrons. The second kappa shape index (κ2) is 3.55. The van der Waals surface area contributed by atoms with E-state index in [0.717, 1.165) is 31.5 Å². The van der Waals surface area contributed by atoms with E-state index in [1.165, 1.54) is 0 Å². The first-order valence-electron chi connectivity index (χ1n) is 5.80. The van der Waals surface area contributed by atoms with Crippen molar-refractivity contribution in [2.75, 3.05) is 5.75 Å². The average molecular weight is 241 g/mol. The highest BCUT2D eigenvalue weighted by molar-refractivity contribution is 7.91. The maximum absolute atomic E-state index is 11.9. The average Bonchev–Trinajstić information content (AvgIpc) is 2.98. The fourth-order valence-electron chi connectivity index (χ4n) is 2.22. The van der Waals surface area contributed by atoms with Gasteiger partial charge < -0.3 is 0 Å². The number of H-pyrrole nitrogens is 1. The molecule has 1 aromatic heterocycles. The molecule has 2 aliphatic rings. The van der Waals surface area contributed by atoms with Crippen LogP contribution in [0.25, 0.3) is 0 Å². The minimum Gasteiger partial charge on any atom is -0.262 e. The quantitative estimate of drug-likeness (QED) is 0.847. The molecule has 1 aliphatic heterocycles. The molecule has 2 fully saturated rings. The lowest BCUT2D eigenvalue weighted by molar-refractivity contribution is 0.539. The standard InChI is InChI=1S/C10H15N3O2S/c14-16(15)6-2-1-3-8(16)10-11-9(12-13-10)7-4-5-7/h7-8H,1-6H2,(H,11,12,13). The van der Waals surface area contributed by atoms with Gasteiger partial charge in [0.25, 0.3) is 0 Å². The van der Waals surface area contributed by atoms with Gasteiger partial charge in [0.2, 0.25) is 0 Å². The molecule has 1 aromatic rings. The lowest BCUT2D eigenvalue weighted by atomic mass is 10.2. The minimum absolute atomic E-state index is 0.289. The van der Waals surface area contributed by atoms with E-state index in [4.69, 9.17) is 0 Å². The van der Waals surface area contributed by atoms with Gasteiger partial charge >= 0.3 is 0 Å². The fourth-order valence-corrected chi connectivity index (χ4v) is 4.08. The second-order valence-corrected chi connectivity index (χ2v) is 7.01. The third-order valence-corrected chi connectivity index (χ3v) is 5.53. The van der Waals surface area contributed by atoms with Crippen LogP contribution in [0.2, 0.25) is 0 Å². The van der Waals surface area contributed by atoms with Gasteiger partial charge in [0.1, 0.15) is 11.1 Å². The second-order valence-electron chi connectivity index (χ2n) is 4.70. The monoisotopic (exact) mass is 241 g/mol. The van der Waals surface area contributed by atoms with Crippen molar-refractivity contribution < 1.29 is 8.42 Å². The third-order valence-electron chi connectivity index (χ3n) is 3.35. The number of aromatic amines is 1. The van der Waals surface area contributed by atoms with Crippen LogP contribution >= 0.6 is 0 Å². The van der Waals surface area contributed by atoms with E-state index in [1.54, 1.807) is 0 Å². The van der Waals surface area contributed by atoms with Crippen LogP contribution in [-0.2, 0) is 9.84 Å². The summed E-state index contributed by atoms with van der Waals surface area (Å²) in [5.41, 5.74) is 0. The Morgan fingerprint density at radius 1 is 1.19 bits per heavy atom. The van der Waals surface area contributed by atoms with E-state index in [1.807, 2.05) is 0 Å². The molecule has 2 heterocycles. The molecule has 1 unspecified atom stereocenters. The summed E-state index contributed by atoms with van der Waals surface area (Å²) >= 11 is 0. The van der Waals surface area contributed by atoms with Gasteiger partial charge in [-0.1, -0.05) is 6.42 Å². The number of hydrogen-bond donors (Lipinski definition) is 1. The van der Waals surface area contributed by atoms with Crippen LogP contribution in [0.1, 0.15) is 54.9 Å². The lowest BCUT2D eigenvalue weighted by Gasteiger charge is -2.19. The Hall–Kier alpha value is -0.910. The van der Waals surface area contributed by atoms with E-state index in [0.29, 0.717) is 18.2 Å². The molecule has 1 saturated carbocycles. The highest BCUT2D eigenvalue weighted by Gasteiger charge is 2.34. The first-order valence-corrected chi connectivity index (χ1v) is 7.52. The lowest BCUT2D eigenvalue weighted by Crippen LogP contribution is -2.22. The van der Waals surface area contributed by atoms with Crippen LogP contribution < -0.4 is 0 Å². The summed E-state index contributed by atoms with van der Waals surface area (Å²) in [7, 11) is -3.00. The SMILES string of the molecule is O=S1(=O)CCCCC1c1nc(C2CC2)n[nH]1. The van der Waals surface area contributed by atoms with E-state index in [-0.39, 0.29) is 5.75 Å². The molecule has 1 saturated heterocycles. The van der Waals surface area contributed by atoms with Gasteiger partial charge in [-0.05, 0) is 25.7 Å². The first kappa shape index (κ1) is 10.3. The molecule has 0 spiro atoms. The minimum atomic E-state index is -3.00. The Morgan fingerprint density at radius 2 is 2.00 bits per heavy atom.